The third-order valence-corrected chi connectivity index (χ3v) is 6.16. The molecular formula is C21H26N2O4S. The van der Waals surface area contributed by atoms with Crippen molar-refractivity contribution in [1.82, 2.24) is 0 Å². The van der Waals surface area contributed by atoms with Gasteiger partial charge in [-0.15, -0.1) is 0 Å². The third kappa shape index (κ3) is 3.85. The van der Waals surface area contributed by atoms with Crippen molar-refractivity contribution in [3.8, 4) is 5.75 Å². The molecule has 0 atom stereocenters. The molecule has 1 amide bonds. The number of hydrogen-bond donors (Lipinski definition) is 1. The van der Waals surface area contributed by atoms with Crippen molar-refractivity contribution in [2.45, 2.75) is 51.5 Å². The number of ether oxygens (including phenoxy) is 1. The Morgan fingerprint density at radius 3 is 2.61 bits per heavy atom. The quantitative estimate of drug-likeness (QED) is 0.842. The lowest BCUT2D eigenvalue weighted by Gasteiger charge is -2.39. The maximum Gasteiger partial charge on any atom is 0.261 e. The zero-order valence-electron chi connectivity index (χ0n) is 16.9. The molecule has 0 spiro atoms. The van der Waals surface area contributed by atoms with E-state index in [1.807, 2.05) is 45.9 Å². The number of hydrogen-bond acceptors (Lipinski definition) is 4. The first kappa shape index (κ1) is 20.2. The van der Waals surface area contributed by atoms with Crippen molar-refractivity contribution >= 4 is 27.3 Å². The van der Waals surface area contributed by atoms with Crippen LogP contribution in [0, 0.1) is 6.92 Å². The summed E-state index contributed by atoms with van der Waals surface area (Å²) in [6, 6.07) is 10.3. The maximum atomic E-state index is 13.1. The van der Waals surface area contributed by atoms with E-state index in [-0.39, 0.29) is 10.8 Å². The highest BCUT2D eigenvalue weighted by Gasteiger charge is 2.34. The smallest absolute Gasteiger partial charge is 0.261 e. The normalized spacial score (nSPS) is 15.5. The van der Waals surface area contributed by atoms with Crippen LogP contribution in [0.2, 0.25) is 0 Å². The van der Waals surface area contributed by atoms with Crippen molar-refractivity contribution in [3.05, 3.63) is 47.5 Å². The first-order valence-corrected chi connectivity index (χ1v) is 10.7. The molecule has 0 aliphatic carbocycles. The second kappa shape index (κ2) is 7.13. The van der Waals surface area contributed by atoms with Gasteiger partial charge in [-0.1, -0.05) is 25.1 Å². The molecule has 0 unspecified atom stereocenters. The first-order valence-electron chi connectivity index (χ1n) is 9.26. The van der Waals surface area contributed by atoms with Gasteiger partial charge in [-0.2, -0.15) is 0 Å². The topological polar surface area (TPSA) is 75.7 Å². The third-order valence-electron chi connectivity index (χ3n) is 4.81. The predicted octanol–water partition coefficient (Wildman–Crippen LogP) is 3.88. The molecule has 7 heteroatoms. The van der Waals surface area contributed by atoms with E-state index in [0.717, 1.165) is 11.1 Å². The molecule has 0 aromatic heterocycles. The number of nitrogens with zero attached hydrogens (tertiary/aromatic N) is 1. The Morgan fingerprint density at radius 2 is 1.96 bits per heavy atom. The van der Waals surface area contributed by atoms with Crippen LogP contribution >= 0.6 is 0 Å². The van der Waals surface area contributed by atoms with Crippen LogP contribution < -0.4 is 14.4 Å². The fourth-order valence-corrected chi connectivity index (χ4v) is 4.59. The Hall–Kier alpha value is -2.54. The minimum atomic E-state index is -3.82. The van der Waals surface area contributed by atoms with Crippen LogP contribution in [-0.2, 0) is 21.2 Å². The molecule has 2 aromatic rings. The van der Waals surface area contributed by atoms with Gasteiger partial charge in [0, 0.05) is 6.92 Å². The van der Waals surface area contributed by atoms with Crippen LogP contribution in [0.25, 0.3) is 0 Å². The number of carbonyl (C=O) groups is 1. The van der Waals surface area contributed by atoms with Gasteiger partial charge in [0.2, 0.25) is 5.91 Å². The number of anilines is 2. The highest BCUT2D eigenvalue weighted by molar-refractivity contribution is 7.92. The lowest BCUT2D eigenvalue weighted by Crippen LogP contribution is -2.48. The van der Waals surface area contributed by atoms with Gasteiger partial charge in [0.15, 0.2) is 0 Å². The Morgan fingerprint density at radius 1 is 1.25 bits per heavy atom. The average molecular weight is 403 g/mol. The van der Waals surface area contributed by atoms with Crippen molar-refractivity contribution < 1.29 is 17.9 Å². The molecule has 6 nitrogen and oxygen atoms in total. The summed E-state index contributed by atoms with van der Waals surface area (Å²) in [5, 5.41) is 0. The molecule has 0 bridgehead atoms. The molecule has 2 aromatic carbocycles. The Balaban J connectivity index is 2.03. The second-order valence-corrected chi connectivity index (χ2v) is 9.35. The van der Waals surface area contributed by atoms with Gasteiger partial charge in [-0.05, 0) is 56.5 Å². The summed E-state index contributed by atoms with van der Waals surface area (Å²) in [6.07, 6.45) is 0.713. The largest absolute Gasteiger partial charge is 0.484 e. The van der Waals surface area contributed by atoms with E-state index in [4.69, 9.17) is 4.74 Å². The summed E-state index contributed by atoms with van der Waals surface area (Å²) in [4.78, 5) is 13.8. The van der Waals surface area contributed by atoms with Crippen LogP contribution in [-0.4, -0.2) is 26.5 Å². The summed E-state index contributed by atoms with van der Waals surface area (Å²) < 4.78 is 34.8. The van der Waals surface area contributed by atoms with Crippen molar-refractivity contribution in [1.29, 1.82) is 0 Å². The minimum Gasteiger partial charge on any atom is -0.484 e. The van der Waals surface area contributed by atoms with Gasteiger partial charge >= 0.3 is 0 Å². The fraction of sp³-hybridized carbons (Fsp3) is 0.381. The molecule has 0 fully saturated rings. The number of carbonyl (C=O) groups excluding carboxylic acids is 1. The molecule has 0 saturated heterocycles. The van der Waals surface area contributed by atoms with Crippen LogP contribution in [0.5, 0.6) is 5.75 Å². The van der Waals surface area contributed by atoms with Gasteiger partial charge in [-0.3, -0.25) is 9.52 Å². The van der Waals surface area contributed by atoms with Gasteiger partial charge in [0.05, 0.1) is 22.8 Å². The van der Waals surface area contributed by atoms with E-state index in [1.54, 1.807) is 11.0 Å². The molecule has 28 heavy (non-hydrogen) atoms. The number of para-hydroxylation sites is 1. The minimum absolute atomic E-state index is 0.0890. The molecule has 3 rings (SSSR count). The highest BCUT2D eigenvalue weighted by atomic mass is 32.2. The van der Waals surface area contributed by atoms with E-state index in [9.17, 15) is 13.2 Å². The lowest BCUT2D eigenvalue weighted by molar-refractivity contribution is -0.117. The van der Waals surface area contributed by atoms with Crippen LogP contribution in [0.3, 0.4) is 0 Å². The Labute approximate surface area is 166 Å². The van der Waals surface area contributed by atoms with Gasteiger partial charge in [0.25, 0.3) is 10.0 Å². The van der Waals surface area contributed by atoms with E-state index < -0.39 is 15.6 Å². The average Bonchev–Trinajstić information content (AvgIpc) is 2.61. The van der Waals surface area contributed by atoms with Crippen LogP contribution in [0.15, 0.2) is 41.3 Å². The summed E-state index contributed by atoms with van der Waals surface area (Å²) in [5.41, 5.74) is 2.31. The first-order chi connectivity index (χ1) is 13.0. The van der Waals surface area contributed by atoms with Crippen molar-refractivity contribution in [3.63, 3.8) is 0 Å². The molecule has 1 N–H and O–H groups in total. The summed E-state index contributed by atoms with van der Waals surface area (Å²) in [6.45, 7) is 9.45. The zero-order chi connectivity index (χ0) is 20.7. The van der Waals surface area contributed by atoms with E-state index in [0.29, 0.717) is 30.1 Å². The number of sulfonamides is 1. The van der Waals surface area contributed by atoms with Crippen molar-refractivity contribution in [2.24, 2.45) is 0 Å². The molecular weight excluding hydrogens is 376 g/mol. The summed E-state index contributed by atoms with van der Waals surface area (Å²) >= 11 is 0. The summed E-state index contributed by atoms with van der Waals surface area (Å²) in [7, 11) is -3.82. The maximum absolute atomic E-state index is 13.1. The number of rotatable bonds is 4. The van der Waals surface area contributed by atoms with Crippen LogP contribution in [0.4, 0.5) is 11.4 Å². The molecule has 1 aliphatic rings. The van der Waals surface area contributed by atoms with Gasteiger partial charge in [-0.25, -0.2) is 8.42 Å². The predicted molar refractivity (Wildman–Crippen MR) is 111 cm³/mol. The number of amides is 1. The van der Waals surface area contributed by atoms with E-state index in [2.05, 4.69) is 4.72 Å². The van der Waals surface area contributed by atoms with E-state index >= 15 is 0 Å². The van der Waals surface area contributed by atoms with Gasteiger partial charge in [0.1, 0.15) is 11.4 Å². The number of fused-ring (bicyclic) bond motifs is 1. The van der Waals surface area contributed by atoms with Gasteiger partial charge < -0.3 is 9.64 Å². The summed E-state index contributed by atoms with van der Waals surface area (Å²) in [5.74, 6) is 0.336. The Kier molecular flexibility index (Phi) is 5.14. The number of aryl methyl sites for hydroxylation is 2. The number of nitrogens with one attached hydrogen (secondary N) is 1. The molecule has 0 saturated carbocycles. The molecule has 1 aliphatic heterocycles. The van der Waals surface area contributed by atoms with Crippen molar-refractivity contribution in [2.75, 3.05) is 16.2 Å². The highest BCUT2D eigenvalue weighted by Crippen LogP contribution is 2.39. The zero-order valence-corrected chi connectivity index (χ0v) is 17.7. The fourth-order valence-electron chi connectivity index (χ4n) is 3.40. The van der Waals surface area contributed by atoms with E-state index in [1.165, 1.54) is 19.1 Å². The second-order valence-electron chi connectivity index (χ2n) is 7.66. The Bertz CT molecular complexity index is 1030. The SMILES string of the molecule is CCc1cccc(C)c1NS(=O)(=O)c1ccc2c(c1)N(C(C)=O)CC(C)(C)O2. The molecule has 0 radical (unpaired) electrons. The molecule has 150 valence electrons. The number of benzene rings is 2. The van der Waals surface area contributed by atoms with Crippen LogP contribution in [0.1, 0.15) is 38.8 Å². The lowest BCUT2D eigenvalue weighted by atomic mass is 10.1. The molecule has 1 heterocycles. The monoisotopic (exact) mass is 402 g/mol. The standard InChI is InChI=1S/C21H26N2O4S/c1-6-16-9-7-8-14(2)20(16)22-28(25,26)17-10-11-19-18(12-17)23(15(3)24)13-21(4,5)27-19/h7-12,22H,6,13H2,1-5H3.